The van der Waals surface area contributed by atoms with Gasteiger partial charge in [0.05, 0.1) is 0 Å². The molecule has 118 valence electrons. The first-order valence-corrected chi connectivity index (χ1v) is 7.81. The molecule has 3 N–H and O–H groups in total. The average molecular weight is 308 g/mol. The molecule has 0 bridgehead atoms. The van der Waals surface area contributed by atoms with Crippen molar-refractivity contribution in [2.45, 2.75) is 38.1 Å². The number of nitrogens with two attached hydrogens (primary N) is 1. The van der Waals surface area contributed by atoms with Crippen LogP contribution in [0.15, 0.2) is 30.6 Å². The Morgan fingerprint density at radius 3 is 2.57 bits per heavy atom. The van der Waals surface area contributed by atoms with E-state index in [4.69, 9.17) is 12.2 Å². The number of hydrogen-bond acceptors (Lipinski definition) is 5. The van der Waals surface area contributed by atoms with Crippen LogP contribution in [0.4, 0.5) is 11.6 Å². The van der Waals surface area contributed by atoms with Gasteiger partial charge in [0, 0.05) is 24.1 Å². The number of nitrogens with zero attached hydrogens (tertiary/aromatic N) is 3. The molecule has 3 rings (SSSR count). The smallest absolute Gasteiger partial charge is 0.149 e. The molecule has 0 radical (unpaired) electrons. The second-order valence-electron chi connectivity index (χ2n) is 5.84. The number of aromatic nitrogens is 2. The molecule has 0 saturated heterocycles. The molecule has 5 nitrogen and oxygen atoms in total. The van der Waals surface area contributed by atoms with E-state index in [1.165, 1.54) is 19.2 Å². The third-order valence-corrected chi connectivity index (χ3v) is 4.33. The maximum Gasteiger partial charge on any atom is 0.149 e. The molecule has 1 aromatic heterocycles. The average Bonchev–Trinajstić information content (AvgIpc) is 3.07. The molecule has 1 aliphatic rings. The van der Waals surface area contributed by atoms with E-state index in [0.717, 1.165) is 29.8 Å². The van der Waals surface area contributed by atoms with Gasteiger partial charge in [0.15, 0.2) is 0 Å². The minimum atomic E-state index is 0.238. The van der Waals surface area contributed by atoms with Crippen LogP contribution < -0.4 is 10.6 Å². The standard InChI is InChI=1S/C18H20N4O/c1-2-22(14-5-3-4-6-14)18-16(17(19)20-12-21-18)11-13-7-9-15(23)10-8-13/h1,7-10,12,14,23H,3-6,11H2,(H2,19,20,21). The van der Waals surface area contributed by atoms with E-state index >= 15 is 0 Å². The van der Waals surface area contributed by atoms with E-state index in [9.17, 15) is 5.11 Å². The first kappa shape index (κ1) is 15.2. The van der Waals surface area contributed by atoms with Gasteiger partial charge >= 0.3 is 0 Å². The number of anilines is 2. The molecule has 1 aliphatic carbocycles. The highest BCUT2D eigenvalue weighted by Crippen LogP contribution is 2.31. The minimum absolute atomic E-state index is 0.238. The highest BCUT2D eigenvalue weighted by atomic mass is 16.3. The molecule has 1 saturated carbocycles. The highest BCUT2D eigenvalue weighted by Gasteiger charge is 2.25. The van der Waals surface area contributed by atoms with E-state index in [-0.39, 0.29) is 5.75 Å². The molecule has 23 heavy (non-hydrogen) atoms. The monoisotopic (exact) mass is 308 g/mol. The largest absolute Gasteiger partial charge is 0.508 e. The van der Waals surface area contributed by atoms with Crippen molar-refractivity contribution < 1.29 is 5.11 Å². The van der Waals surface area contributed by atoms with Gasteiger partial charge in [0.25, 0.3) is 0 Å². The van der Waals surface area contributed by atoms with Gasteiger partial charge in [-0.25, -0.2) is 9.97 Å². The summed E-state index contributed by atoms with van der Waals surface area (Å²) in [7, 11) is 0. The summed E-state index contributed by atoms with van der Waals surface area (Å²) in [6, 6.07) is 10.1. The number of nitrogen functional groups attached to an aromatic ring is 1. The van der Waals surface area contributed by atoms with E-state index in [2.05, 4.69) is 16.0 Å². The summed E-state index contributed by atoms with van der Waals surface area (Å²) in [5.41, 5.74) is 7.95. The van der Waals surface area contributed by atoms with Gasteiger partial charge in [-0.05, 0) is 30.5 Å². The van der Waals surface area contributed by atoms with Crippen molar-refractivity contribution in [3.63, 3.8) is 0 Å². The first-order valence-electron chi connectivity index (χ1n) is 7.81. The van der Waals surface area contributed by atoms with Crippen LogP contribution >= 0.6 is 0 Å². The predicted octanol–water partition coefficient (Wildman–Crippen LogP) is 2.69. The van der Waals surface area contributed by atoms with Crippen molar-refractivity contribution in [3.05, 3.63) is 41.7 Å². The second-order valence-corrected chi connectivity index (χ2v) is 5.84. The van der Waals surface area contributed by atoms with Gasteiger partial charge in [-0.15, -0.1) is 0 Å². The van der Waals surface area contributed by atoms with E-state index in [0.29, 0.717) is 18.3 Å². The molecule has 0 aliphatic heterocycles. The number of hydrogen-bond donors (Lipinski definition) is 2. The fourth-order valence-corrected chi connectivity index (χ4v) is 3.11. The summed E-state index contributed by atoms with van der Waals surface area (Å²) in [5, 5.41) is 9.42. The van der Waals surface area contributed by atoms with Crippen molar-refractivity contribution in [1.82, 2.24) is 9.97 Å². The number of phenols is 1. The van der Waals surface area contributed by atoms with Gasteiger partial charge in [-0.2, -0.15) is 0 Å². The lowest BCUT2D eigenvalue weighted by molar-refractivity contribution is 0.475. The number of rotatable bonds is 4. The van der Waals surface area contributed by atoms with Crippen LogP contribution in [0.1, 0.15) is 36.8 Å². The molecule has 1 aromatic carbocycles. The summed E-state index contributed by atoms with van der Waals surface area (Å²) < 4.78 is 0. The lowest BCUT2D eigenvalue weighted by atomic mass is 10.0. The van der Waals surface area contributed by atoms with Crippen LogP contribution in [0.2, 0.25) is 0 Å². The Bertz CT molecular complexity index is 715. The SMILES string of the molecule is C#CN(c1ncnc(N)c1Cc1ccc(O)cc1)C1CCCC1. The van der Waals surface area contributed by atoms with E-state index < -0.39 is 0 Å². The third kappa shape index (κ3) is 3.21. The lowest BCUT2D eigenvalue weighted by Gasteiger charge is -2.26. The van der Waals surface area contributed by atoms with Crippen LogP contribution in [0, 0.1) is 12.5 Å². The normalized spacial score (nSPS) is 14.6. The fourth-order valence-electron chi connectivity index (χ4n) is 3.11. The van der Waals surface area contributed by atoms with Gasteiger partial charge in [0.2, 0.25) is 0 Å². The van der Waals surface area contributed by atoms with Crippen LogP contribution in [0.3, 0.4) is 0 Å². The van der Waals surface area contributed by atoms with Crippen molar-refractivity contribution in [2.75, 3.05) is 10.6 Å². The van der Waals surface area contributed by atoms with Crippen molar-refractivity contribution in [2.24, 2.45) is 0 Å². The quantitative estimate of drug-likeness (QED) is 0.671. The molecule has 0 spiro atoms. The Morgan fingerprint density at radius 1 is 1.22 bits per heavy atom. The predicted molar refractivity (Wildman–Crippen MR) is 90.9 cm³/mol. The Labute approximate surface area is 136 Å². The summed E-state index contributed by atoms with van der Waals surface area (Å²) >= 11 is 0. The Morgan fingerprint density at radius 2 is 1.91 bits per heavy atom. The maximum atomic E-state index is 9.42. The van der Waals surface area contributed by atoms with Crippen molar-refractivity contribution in [3.8, 4) is 18.2 Å². The zero-order chi connectivity index (χ0) is 16.2. The number of terminal acetylenes is 1. The van der Waals surface area contributed by atoms with Crippen LogP contribution in [0.25, 0.3) is 0 Å². The maximum absolute atomic E-state index is 9.42. The highest BCUT2D eigenvalue weighted by molar-refractivity contribution is 5.61. The van der Waals surface area contributed by atoms with Crippen LogP contribution in [-0.4, -0.2) is 21.1 Å². The Balaban J connectivity index is 1.95. The molecular weight excluding hydrogens is 288 g/mol. The Kier molecular flexibility index (Phi) is 4.33. The molecule has 0 unspecified atom stereocenters. The molecule has 0 atom stereocenters. The topological polar surface area (TPSA) is 75.3 Å². The molecule has 0 amide bonds. The fraction of sp³-hybridized carbons (Fsp3) is 0.333. The van der Waals surface area contributed by atoms with E-state index in [1.54, 1.807) is 12.1 Å². The first-order chi connectivity index (χ1) is 11.2. The van der Waals surface area contributed by atoms with Gasteiger partial charge in [0.1, 0.15) is 23.7 Å². The lowest BCUT2D eigenvalue weighted by Crippen LogP contribution is -2.30. The molecule has 1 heterocycles. The van der Waals surface area contributed by atoms with Crippen LogP contribution in [0.5, 0.6) is 5.75 Å². The summed E-state index contributed by atoms with van der Waals surface area (Å²) in [6.07, 6.45) is 12.3. The summed E-state index contributed by atoms with van der Waals surface area (Å²) in [6.45, 7) is 0. The van der Waals surface area contributed by atoms with E-state index in [1.807, 2.05) is 17.0 Å². The van der Waals surface area contributed by atoms with Crippen molar-refractivity contribution in [1.29, 1.82) is 0 Å². The summed E-state index contributed by atoms with van der Waals surface area (Å²) in [4.78, 5) is 10.4. The van der Waals surface area contributed by atoms with Gasteiger partial charge in [-0.1, -0.05) is 31.4 Å². The van der Waals surface area contributed by atoms with Crippen LogP contribution in [-0.2, 0) is 6.42 Å². The molecule has 2 aromatic rings. The zero-order valence-corrected chi connectivity index (χ0v) is 12.9. The zero-order valence-electron chi connectivity index (χ0n) is 12.9. The van der Waals surface area contributed by atoms with Gasteiger partial charge in [-0.3, -0.25) is 4.90 Å². The van der Waals surface area contributed by atoms with Crippen molar-refractivity contribution >= 4 is 11.6 Å². The third-order valence-electron chi connectivity index (χ3n) is 4.33. The molecule has 1 fully saturated rings. The second kappa shape index (κ2) is 6.57. The number of phenolic OH excluding ortho intramolecular Hbond substituents is 1. The minimum Gasteiger partial charge on any atom is -0.508 e. The molecule has 5 heteroatoms. The summed E-state index contributed by atoms with van der Waals surface area (Å²) in [5.74, 6) is 1.41. The molecular formula is C18H20N4O. The number of benzene rings is 1. The Hall–Kier alpha value is -2.74. The number of aromatic hydroxyl groups is 1. The van der Waals surface area contributed by atoms with Gasteiger partial charge < -0.3 is 10.8 Å².